The van der Waals surface area contributed by atoms with Gasteiger partial charge in [0.25, 0.3) is 0 Å². The molecule has 0 saturated heterocycles. The van der Waals surface area contributed by atoms with Gasteiger partial charge in [-0.2, -0.15) is 4.98 Å². The number of nitrogens with one attached hydrogen (secondary N) is 1. The molecular weight excluding hydrogens is 392 g/mol. The Kier molecular flexibility index (Phi) is 5.97. The molecule has 1 aromatic heterocycles. The van der Waals surface area contributed by atoms with Gasteiger partial charge in [-0.05, 0) is 26.0 Å². The lowest BCUT2D eigenvalue weighted by molar-refractivity contribution is -0.122. The third-order valence-electron chi connectivity index (χ3n) is 4.29. The number of sulfonamides is 1. The number of hydrogen-bond donors (Lipinski definition) is 1. The van der Waals surface area contributed by atoms with Crippen LogP contribution < -0.4 is 9.62 Å². The number of anilines is 1. The molecule has 1 N–H and O–H groups in total. The van der Waals surface area contributed by atoms with E-state index in [1.54, 1.807) is 30.3 Å². The number of rotatable bonds is 7. The van der Waals surface area contributed by atoms with E-state index in [1.165, 1.54) is 6.92 Å². The van der Waals surface area contributed by atoms with Gasteiger partial charge in [0, 0.05) is 5.56 Å². The maximum atomic E-state index is 12.6. The van der Waals surface area contributed by atoms with E-state index in [-0.39, 0.29) is 12.4 Å². The molecule has 29 heavy (non-hydrogen) atoms. The molecule has 152 valence electrons. The van der Waals surface area contributed by atoms with E-state index in [0.717, 1.165) is 21.7 Å². The Hall–Kier alpha value is -3.20. The van der Waals surface area contributed by atoms with Gasteiger partial charge in [-0.15, -0.1) is 0 Å². The number of para-hydroxylation sites is 1. The van der Waals surface area contributed by atoms with Crippen molar-refractivity contribution in [2.24, 2.45) is 0 Å². The highest BCUT2D eigenvalue weighted by atomic mass is 32.2. The monoisotopic (exact) mass is 414 g/mol. The van der Waals surface area contributed by atoms with Crippen LogP contribution in [0.2, 0.25) is 0 Å². The molecule has 0 aliphatic rings. The first kappa shape index (κ1) is 20.5. The third-order valence-corrected chi connectivity index (χ3v) is 5.53. The van der Waals surface area contributed by atoms with E-state index in [9.17, 15) is 13.2 Å². The van der Waals surface area contributed by atoms with E-state index >= 15 is 0 Å². The van der Waals surface area contributed by atoms with Gasteiger partial charge in [0.2, 0.25) is 27.6 Å². The van der Waals surface area contributed by atoms with Crippen LogP contribution in [0.25, 0.3) is 11.4 Å². The minimum absolute atomic E-state index is 0.00553. The minimum atomic E-state index is -3.66. The van der Waals surface area contributed by atoms with Gasteiger partial charge in [-0.25, -0.2) is 8.42 Å². The van der Waals surface area contributed by atoms with E-state index in [2.05, 4.69) is 15.5 Å². The number of aryl methyl sites for hydroxylation is 1. The topological polar surface area (TPSA) is 105 Å². The first-order valence-corrected chi connectivity index (χ1v) is 10.8. The van der Waals surface area contributed by atoms with Crippen LogP contribution in [-0.4, -0.2) is 36.8 Å². The highest BCUT2D eigenvalue weighted by molar-refractivity contribution is 7.92. The van der Waals surface area contributed by atoms with Crippen LogP contribution >= 0.6 is 0 Å². The zero-order chi connectivity index (χ0) is 21.0. The molecule has 0 saturated carbocycles. The summed E-state index contributed by atoms with van der Waals surface area (Å²) in [6, 6.07) is 15.2. The minimum Gasteiger partial charge on any atom is -0.345 e. The third kappa shape index (κ3) is 5.00. The van der Waals surface area contributed by atoms with Crippen molar-refractivity contribution < 1.29 is 17.7 Å². The Balaban J connectivity index is 1.69. The van der Waals surface area contributed by atoms with Crippen LogP contribution in [0.1, 0.15) is 18.4 Å². The molecule has 0 bridgehead atoms. The second-order valence-corrected chi connectivity index (χ2v) is 8.53. The summed E-state index contributed by atoms with van der Waals surface area (Å²) < 4.78 is 30.7. The number of nitrogens with zero attached hydrogens (tertiary/aromatic N) is 3. The van der Waals surface area contributed by atoms with E-state index < -0.39 is 22.0 Å². The number of aromatic nitrogens is 2. The highest BCUT2D eigenvalue weighted by Crippen LogP contribution is 2.20. The summed E-state index contributed by atoms with van der Waals surface area (Å²) in [5.74, 6) is 0.172. The fourth-order valence-electron chi connectivity index (χ4n) is 2.84. The summed E-state index contributed by atoms with van der Waals surface area (Å²) in [6.07, 6.45) is 1.07. The smallest absolute Gasteiger partial charge is 0.246 e. The Morgan fingerprint density at radius 3 is 2.41 bits per heavy atom. The van der Waals surface area contributed by atoms with Crippen molar-refractivity contribution >= 4 is 21.6 Å². The molecule has 0 spiro atoms. The average Bonchev–Trinajstić information content (AvgIpc) is 3.15. The number of benzene rings is 2. The van der Waals surface area contributed by atoms with Gasteiger partial charge in [0.1, 0.15) is 6.04 Å². The number of carbonyl (C=O) groups is 1. The predicted molar refractivity (Wildman–Crippen MR) is 110 cm³/mol. The van der Waals surface area contributed by atoms with Crippen LogP contribution in [0, 0.1) is 6.92 Å². The summed E-state index contributed by atoms with van der Waals surface area (Å²) in [5.41, 5.74) is 2.34. The molecule has 3 rings (SSSR count). The lowest BCUT2D eigenvalue weighted by atomic mass is 10.1. The van der Waals surface area contributed by atoms with Crippen LogP contribution in [0.3, 0.4) is 0 Å². The van der Waals surface area contributed by atoms with Crippen LogP contribution in [-0.2, 0) is 21.4 Å². The van der Waals surface area contributed by atoms with Gasteiger partial charge in [-0.1, -0.05) is 53.2 Å². The van der Waals surface area contributed by atoms with Crippen LogP contribution in [0.15, 0.2) is 59.1 Å². The highest BCUT2D eigenvalue weighted by Gasteiger charge is 2.29. The van der Waals surface area contributed by atoms with Gasteiger partial charge in [0.15, 0.2) is 0 Å². The maximum Gasteiger partial charge on any atom is 0.246 e. The van der Waals surface area contributed by atoms with Gasteiger partial charge in [-0.3, -0.25) is 9.10 Å². The zero-order valence-electron chi connectivity index (χ0n) is 16.4. The largest absolute Gasteiger partial charge is 0.345 e. The molecule has 0 aliphatic carbocycles. The lowest BCUT2D eigenvalue weighted by Gasteiger charge is -2.28. The van der Waals surface area contributed by atoms with Gasteiger partial charge < -0.3 is 9.84 Å². The first-order valence-electron chi connectivity index (χ1n) is 8.97. The van der Waals surface area contributed by atoms with Crippen molar-refractivity contribution in [3.63, 3.8) is 0 Å². The molecule has 1 atom stereocenters. The van der Waals surface area contributed by atoms with E-state index in [1.807, 2.05) is 31.2 Å². The van der Waals surface area contributed by atoms with E-state index in [4.69, 9.17) is 4.52 Å². The van der Waals surface area contributed by atoms with Crippen LogP contribution in [0.4, 0.5) is 5.69 Å². The fourth-order valence-corrected chi connectivity index (χ4v) is 4.02. The SMILES string of the molecule is Cc1ccc(-c2noc(CNC(=O)[C@H](C)N(c3ccccc3)S(C)(=O)=O)n2)cc1. The molecular formula is C20H22N4O4S. The summed E-state index contributed by atoms with van der Waals surface area (Å²) in [4.78, 5) is 16.9. The number of amides is 1. The first-order chi connectivity index (χ1) is 13.8. The van der Waals surface area contributed by atoms with Crippen molar-refractivity contribution in [1.29, 1.82) is 0 Å². The fraction of sp³-hybridized carbons (Fsp3) is 0.250. The normalized spacial score (nSPS) is 12.4. The van der Waals surface area contributed by atoms with Crippen molar-refractivity contribution in [3.05, 3.63) is 66.1 Å². The van der Waals surface area contributed by atoms with E-state index in [0.29, 0.717) is 11.5 Å². The quantitative estimate of drug-likeness (QED) is 0.637. The van der Waals surface area contributed by atoms with Crippen LogP contribution in [0.5, 0.6) is 0 Å². The molecule has 0 unspecified atom stereocenters. The molecule has 1 amide bonds. The van der Waals surface area contributed by atoms with Gasteiger partial charge >= 0.3 is 0 Å². The maximum absolute atomic E-state index is 12.6. The number of carbonyl (C=O) groups excluding carboxylic acids is 1. The lowest BCUT2D eigenvalue weighted by Crippen LogP contribution is -2.47. The summed E-state index contributed by atoms with van der Waals surface area (Å²) in [7, 11) is -3.66. The molecule has 8 nitrogen and oxygen atoms in total. The predicted octanol–water partition coefficient (Wildman–Crippen LogP) is 2.52. The number of hydrogen-bond acceptors (Lipinski definition) is 6. The molecule has 0 fully saturated rings. The Morgan fingerprint density at radius 2 is 1.79 bits per heavy atom. The second kappa shape index (κ2) is 8.44. The summed E-state index contributed by atoms with van der Waals surface area (Å²) in [6.45, 7) is 3.50. The molecule has 2 aromatic carbocycles. The van der Waals surface area contributed by atoms with Gasteiger partial charge in [0.05, 0.1) is 18.5 Å². The Labute approximate surface area is 169 Å². The molecule has 3 aromatic rings. The summed E-state index contributed by atoms with van der Waals surface area (Å²) >= 11 is 0. The van der Waals surface area contributed by atoms with Crippen molar-refractivity contribution in [2.75, 3.05) is 10.6 Å². The molecule has 9 heteroatoms. The Morgan fingerprint density at radius 1 is 1.14 bits per heavy atom. The Bertz CT molecular complexity index is 1080. The average molecular weight is 414 g/mol. The summed E-state index contributed by atoms with van der Waals surface area (Å²) in [5, 5.41) is 6.57. The van der Waals surface area contributed by atoms with Crippen molar-refractivity contribution in [1.82, 2.24) is 15.5 Å². The molecule has 0 radical (unpaired) electrons. The zero-order valence-corrected chi connectivity index (χ0v) is 17.2. The van der Waals surface area contributed by atoms with Crippen molar-refractivity contribution in [3.8, 4) is 11.4 Å². The van der Waals surface area contributed by atoms with Crippen molar-refractivity contribution in [2.45, 2.75) is 26.4 Å². The second-order valence-electron chi connectivity index (χ2n) is 6.67. The molecule has 0 aliphatic heterocycles. The molecule has 1 heterocycles. The standard InChI is InChI=1S/C20H22N4O4S/c1-14-9-11-16(12-10-14)19-22-18(28-23-19)13-21-20(25)15(2)24(29(3,26)27)17-7-5-4-6-8-17/h4-12,15H,13H2,1-3H3,(H,21,25)/t15-/m0/s1.